The Kier molecular flexibility index (Phi) is 4.69. The molecule has 1 N–H and O–H groups in total. The molecular weight excluding hydrogens is 312 g/mol. The SMILES string of the molecule is CN(CC(=O)NC1CC1)C(=O)COc1ccc(-n2cnnn2)cc1. The molecule has 0 radical (unpaired) electrons. The second-order valence-corrected chi connectivity index (χ2v) is 5.63. The van der Waals surface area contributed by atoms with Gasteiger partial charge in [-0.2, -0.15) is 0 Å². The number of likely N-dealkylation sites (N-methyl/N-ethyl adjacent to an activating group) is 1. The number of carbonyl (C=O) groups excluding carboxylic acids is 2. The lowest BCUT2D eigenvalue weighted by atomic mass is 10.3. The molecule has 9 nitrogen and oxygen atoms in total. The zero-order valence-electron chi connectivity index (χ0n) is 13.3. The minimum atomic E-state index is -0.259. The van der Waals surface area contributed by atoms with Gasteiger partial charge in [-0.1, -0.05) is 0 Å². The molecule has 0 saturated heterocycles. The third-order valence-corrected chi connectivity index (χ3v) is 3.56. The van der Waals surface area contributed by atoms with E-state index in [2.05, 4.69) is 20.8 Å². The van der Waals surface area contributed by atoms with E-state index in [0.717, 1.165) is 18.5 Å². The van der Waals surface area contributed by atoms with Crippen molar-refractivity contribution in [3.63, 3.8) is 0 Å². The Morgan fingerprint density at radius 1 is 1.33 bits per heavy atom. The highest BCUT2D eigenvalue weighted by Crippen LogP contribution is 2.18. The number of hydrogen-bond donors (Lipinski definition) is 1. The fraction of sp³-hybridized carbons (Fsp3) is 0.400. The maximum absolute atomic E-state index is 12.0. The monoisotopic (exact) mass is 330 g/mol. The number of tetrazole rings is 1. The van der Waals surface area contributed by atoms with E-state index < -0.39 is 0 Å². The van der Waals surface area contributed by atoms with Crippen molar-refractivity contribution in [3.8, 4) is 11.4 Å². The molecule has 9 heteroatoms. The summed E-state index contributed by atoms with van der Waals surface area (Å²) in [4.78, 5) is 25.0. The van der Waals surface area contributed by atoms with E-state index in [4.69, 9.17) is 4.74 Å². The van der Waals surface area contributed by atoms with Crippen LogP contribution in [0.2, 0.25) is 0 Å². The van der Waals surface area contributed by atoms with Crippen LogP contribution in [0.15, 0.2) is 30.6 Å². The molecule has 3 rings (SSSR count). The summed E-state index contributed by atoms with van der Waals surface area (Å²) in [5, 5.41) is 13.8. The quantitative estimate of drug-likeness (QED) is 0.753. The molecule has 1 heterocycles. The van der Waals surface area contributed by atoms with Gasteiger partial charge in [-0.05, 0) is 47.5 Å². The Hall–Kier alpha value is -2.97. The van der Waals surface area contributed by atoms with Gasteiger partial charge in [0.05, 0.1) is 12.2 Å². The van der Waals surface area contributed by atoms with Gasteiger partial charge in [0.1, 0.15) is 12.1 Å². The average molecular weight is 330 g/mol. The molecule has 0 bridgehead atoms. The molecule has 1 aliphatic carbocycles. The van der Waals surface area contributed by atoms with Gasteiger partial charge in [-0.15, -0.1) is 5.10 Å². The second-order valence-electron chi connectivity index (χ2n) is 5.63. The summed E-state index contributed by atoms with van der Waals surface area (Å²) < 4.78 is 6.97. The van der Waals surface area contributed by atoms with Crippen LogP contribution < -0.4 is 10.1 Å². The summed E-state index contributed by atoms with van der Waals surface area (Å²) in [7, 11) is 1.58. The molecule has 1 saturated carbocycles. The molecule has 0 atom stereocenters. The van der Waals surface area contributed by atoms with Gasteiger partial charge in [0.2, 0.25) is 5.91 Å². The van der Waals surface area contributed by atoms with Gasteiger partial charge in [0, 0.05) is 13.1 Å². The number of nitrogens with zero attached hydrogens (tertiary/aromatic N) is 5. The first-order valence-corrected chi connectivity index (χ1v) is 7.61. The fourth-order valence-electron chi connectivity index (χ4n) is 2.03. The highest BCUT2D eigenvalue weighted by atomic mass is 16.5. The van der Waals surface area contributed by atoms with Crippen molar-refractivity contribution in [1.29, 1.82) is 0 Å². The minimum absolute atomic E-state index is 0.0386. The largest absolute Gasteiger partial charge is 0.484 e. The van der Waals surface area contributed by atoms with Gasteiger partial charge >= 0.3 is 0 Å². The molecule has 1 aromatic carbocycles. The summed E-state index contributed by atoms with van der Waals surface area (Å²) in [6.45, 7) is -0.0889. The predicted molar refractivity (Wildman–Crippen MR) is 83.5 cm³/mol. The van der Waals surface area contributed by atoms with Crippen LogP contribution in [-0.2, 0) is 9.59 Å². The van der Waals surface area contributed by atoms with E-state index in [-0.39, 0.29) is 31.0 Å². The van der Waals surface area contributed by atoms with Crippen LogP contribution in [0.4, 0.5) is 0 Å². The number of benzene rings is 1. The standard InChI is InChI=1S/C15H18N6O3/c1-20(8-14(22)17-11-2-3-11)15(23)9-24-13-6-4-12(5-7-13)21-10-16-18-19-21/h4-7,10-11H,2-3,8-9H2,1H3,(H,17,22). The van der Waals surface area contributed by atoms with Crippen molar-refractivity contribution < 1.29 is 14.3 Å². The Labute approximate surface area is 138 Å². The molecule has 2 amide bonds. The normalized spacial score (nSPS) is 13.4. The lowest BCUT2D eigenvalue weighted by Crippen LogP contribution is -2.40. The summed E-state index contributed by atoms with van der Waals surface area (Å²) in [6.07, 6.45) is 3.53. The van der Waals surface area contributed by atoms with Gasteiger partial charge in [-0.3, -0.25) is 9.59 Å². The maximum atomic E-state index is 12.0. The summed E-state index contributed by atoms with van der Waals surface area (Å²) in [6, 6.07) is 7.30. The third kappa shape index (κ3) is 4.28. The summed E-state index contributed by atoms with van der Waals surface area (Å²) >= 11 is 0. The van der Waals surface area contributed by atoms with Crippen molar-refractivity contribution in [2.45, 2.75) is 18.9 Å². The number of aromatic nitrogens is 4. The molecule has 0 unspecified atom stereocenters. The molecule has 2 aromatic rings. The van der Waals surface area contributed by atoms with E-state index in [1.165, 1.54) is 15.9 Å². The van der Waals surface area contributed by atoms with E-state index >= 15 is 0 Å². The summed E-state index contributed by atoms with van der Waals surface area (Å²) in [5.41, 5.74) is 0.785. The van der Waals surface area contributed by atoms with Gasteiger partial charge in [-0.25, -0.2) is 4.68 Å². The first-order chi connectivity index (χ1) is 11.6. The van der Waals surface area contributed by atoms with Gasteiger partial charge in [0.25, 0.3) is 5.91 Å². The predicted octanol–water partition coefficient (Wildman–Crippen LogP) is -0.222. The topological polar surface area (TPSA) is 102 Å². The molecular formula is C15H18N6O3. The number of carbonyl (C=O) groups is 2. The smallest absolute Gasteiger partial charge is 0.260 e. The molecule has 24 heavy (non-hydrogen) atoms. The van der Waals surface area contributed by atoms with Crippen LogP contribution in [0.5, 0.6) is 5.75 Å². The minimum Gasteiger partial charge on any atom is -0.484 e. The van der Waals surface area contributed by atoms with E-state index in [1.807, 2.05) is 0 Å². The first kappa shape index (κ1) is 15.9. The molecule has 126 valence electrons. The van der Waals surface area contributed by atoms with E-state index in [1.54, 1.807) is 31.3 Å². The first-order valence-electron chi connectivity index (χ1n) is 7.61. The van der Waals surface area contributed by atoms with Crippen LogP contribution in [0.1, 0.15) is 12.8 Å². The van der Waals surface area contributed by atoms with E-state index in [9.17, 15) is 9.59 Å². The van der Waals surface area contributed by atoms with Crippen LogP contribution in [-0.4, -0.2) is 63.2 Å². The van der Waals surface area contributed by atoms with Crippen molar-refractivity contribution in [3.05, 3.63) is 30.6 Å². The van der Waals surface area contributed by atoms with E-state index in [0.29, 0.717) is 5.75 Å². The Balaban J connectivity index is 1.45. The maximum Gasteiger partial charge on any atom is 0.260 e. The molecule has 0 aliphatic heterocycles. The Morgan fingerprint density at radius 3 is 2.71 bits per heavy atom. The molecule has 1 aliphatic rings. The molecule has 1 aromatic heterocycles. The second kappa shape index (κ2) is 7.07. The lowest BCUT2D eigenvalue weighted by molar-refractivity contribution is -0.136. The molecule has 0 spiro atoms. The molecule has 1 fully saturated rings. The Bertz CT molecular complexity index is 697. The summed E-state index contributed by atoms with van der Waals surface area (Å²) in [5.74, 6) is 0.153. The number of nitrogens with one attached hydrogen (secondary N) is 1. The lowest BCUT2D eigenvalue weighted by Gasteiger charge is -2.17. The van der Waals surface area contributed by atoms with Gasteiger partial charge < -0.3 is 15.0 Å². The third-order valence-electron chi connectivity index (χ3n) is 3.56. The fourth-order valence-corrected chi connectivity index (χ4v) is 2.03. The zero-order chi connectivity index (χ0) is 16.9. The van der Waals surface area contributed by atoms with Crippen molar-refractivity contribution in [2.75, 3.05) is 20.2 Å². The zero-order valence-corrected chi connectivity index (χ0v) is 13.3. The highest BCUT2D eigenvalue weighted by Gasteiger charge is 2.24. The number of ether oxygens (including phenoxy) is 1. The van der Waals surface area contributed by atoms with Crippen molar-refractivity contribution in [2.24, 2.45) is 0 Å². The van der Waals surface area contributed by atoms with Crippen LogP contribution in [0.25, 0.3) is 5.69 Å². The average Bonchev–Trinajstić information content (AvgIpc) is 3.22. The van der Waals surface area contributed by atoms with Crippen molar-refractivity contribution in [1.82, 2.24) is 30.4 Å². The number of amides is 2. The van der Waals surface area contributed by atoms with Crippen molar-refractivity contribution >= 4 is 11.8 Å². The van der Waals surface area contributed by atoms with Crippen LogP contribution >= 0.6 is 0 Å². The van der Waals surface area contributed by atoms with Crippen LogP contribution in [0.3, 0.4) is 0 Å². The van der Waals surface area contributed by atoms with Crippen LogP contribution in [0, 0.1) is 0 Å². The number of hydrogen-bond acceptors (Lipinski definition) is 6. The Morgan fingerprint density at radius 2 is 2.08 bits per heavy atom. The van der Waals surface area contributed by atoms with Gasteiger partial charge in [0.15, 0.2) is 6.61 Å². The highest BCUT2D eigenvalue weighted by molar-refractivity contribution is 5.85. The number of rotatable bonds is 7.